The van der Waals surface area contributed by atoms with Gasteiger partial charge in [0.2, 0.25) is 5.91 Å². The predicted molar refractivity (Wildman–Crippen MR) is 218 cm³/mol. The topological polar surface area (TPSA) is 98.7 Å². The Bertz CT molecular complexity index is 1070. The molecule has 3 fully saturated rings. The molecule has 4 aliphatic carbocycles. The average molecular weight is 757 g/mol. The number of nitrogens with two attached hydrogens (primary N) is 2. The Kier molecular flexibility index (Phi) is 20.5. The highest BCUT2D eigenvalue weighted by molar-refractivity contribution is 5.85. The van der Waals surface area contributed by atoms with Gasteiger partial charge in [0.1, 0.15) is 6.10 Å². The van der Waals surface area contributed by atoms with Crippen molar-refractivity contribution in [2.75, 3.05) is 26.2 Å². The smallest absolute Gasteiger partial charge is 0.306 e. The molecule has 0 heterocycles. The first-order chi connectivity index (χ1) is 23.5. The van der Waals surface area contributed by atoms with E-state index in [-0.39, 0.29) is 48.2 Å². The first-order valence-corrected chi connectivity index (χ1v) is 21.1. The molecule has 0 unspecified atom stereocenters. The summed E-state index contributed by atoms with van der Waals surface area (Å²) < 4.78 is 6.09. The SMILES string of the molecule is CC(C)CCC[C@@H](C)[C@H]1CC[C@H]2[C@@H]3CC=C4C[C@@H](OC(=O)CCCC(=O)N(CCCN)CCCCCCCCN)CC[C@]4(C)[C@H]3CC[C@]12C.Cl.Cl. The second kappa shape index (κ2) is 22.5. The van der Waals surface area contributed by atoms with Crippen molar-refractivity contribution in [1.82, 2.24) is 4.90 Å². The molecule has 8 heteroatoms. The first kappa shape index (κ1) is 46.3. The van der Waals surface area contributed by atoms with E-state index in [1.54, 1.807) is 5.57 Å². The monoisotopic (exact) mass is 756 g/mol. The van der Waals surface area contributed by atoms with Crippen LogP contribution >= 0.6 is 24.8 Å². The Morgan fingerprint density at radius 2 is 1.49 bits per heavy atom. The van der Waals surface area contributed by atoms with E-state index in [2.05, 4.69) is 40.7 Å². The van der Waals surface area contributed by atoms with Crippen molar-refractivity contribution in [2.45, 2.75) is 176 Å². The van der Waals surface area contributed by atoms with Gasteiger partial charge >= 0.3 is 5.97 Å². The molecular formula is C43H79Cl2N3O3. The fourth-order valence-corrected chi connectivity index (χ4v) is 11.3. The van der Waals surface area contributed by atoms with E-state index in [1.165, 1.54) is 70.6 Å². The van der Waals surface area contributed by atoms with Crippen molar-refractivity contribution in [3.8, 4) is 0 Å². The summed E-state index contributed by atoms with van der Waals surface area (Å²) in [5.41, 5.74) is 13.7. The lowest BCUT2D eigenvalue weighted by atomic mass is 9.47. The number of ether oxygens (including phenoxy) is 1. The first-order valence-electron chi connectivity index (χ1n) is 21.1. The highest BCUT2D eigenvalue weighted by Crippen LogP contribution is 2.67. The van der Waals surface area contributed by atoms with Crippen LogP contribution < -0.4 is 11.5 Å². The maximum atomic E-state index is 13.0. The van der Waals surface area contributed by atoms with E-state index in [1.807, 2.05) is 4.90 Å². The van der Waals surface area contributed by atoms with Crippen LogP contribution in [0.2, 0.25) is 0 Å². The summed E-state index contributed by atoms with van der Waals surface area (Å²) in [6, 6.07) is 0. The number of rotatable bonds is 21. The van der Waals surface area contributed by atoms with Crippen molar-refractivity contribution >= 4 is 36.7 Å². The molecular weight excluding hydrogens is 677 g/mol. The van der Waals surface area contributed by atoms with E-state index in [9.17, 15) is 9.59 Å². The Balaban J connectivity index is 0.00000451. The lowest BCUT2D eigenvalue weighted by Crippen LogP contribution is -2.51. The Morgan fingerprint density at radius 1 is 0.804 bits per heavy atom. The number of nitrogens with zero attached hydrogens (tertiary/aromatic N) is 1. The third-order valence-corrected chi connectivity index (χ3v) is 14.2. The van der Waals surface area contributed by atoms with Gasteiger partial charge in [-0.15, -0.1) is 24.8 Å². The van der Waals surface area contributed by atoms with E-state index in [0.29, 0.717) is 37.8 Å². The van der Waals surface area contributed by atoms with Gasteiger partial charge in [0.05, 0.1) is 0 Å². The Morgan fingerprint density at radius 3 is 2.20 bits per heavy atom. The van der Waals surface area contributed by atoms with Crippen molar-refractivity contribution in [3.05, 3.63) is 11.6 Å². The molecule has 51 heavy (non-hydrogen) atoms. The van der Waals surface area contributed by atoms with Crippen LogP contribution in [0.5, 0.6) is 0 Å². The van der Waals surface area contributed by atoms with Gasteiger partial charge in [-0.25, -0.2) is 0 Å². The van der Waals surface area contributed by atoms with Gasteiger partial charge in [-0.05, 0) is 130 Å². The molecule has 0 radical (unpaired) electrons. The van der Waals surface area contributed by atoms with E-state index in [4.69, 9.17) is 16.2 Å². The van der Waals surface area contributed by atoms with Crippen molar-refractivity contribution in [3.63, 3.8) is 0 Å². The molecule has 0 spiro atoms. The predicted octanol–water partition coefficient (Wildman–Crippen LogP) is 10.4. The summed E-state index contributed by atoms with van der Waals surface area (Å²) in [5, 5.41) is 0. The summed E-state index contributed by atoms with van der Waals surface area (Å²) >= 11 is 0. The fourth-order valence-electron chi connectivity index (χ4n) is 11.3. The molecule has 4 rings (SSSR count). The quantitative estimate of drug-likeness (QED) is 0.0690. The molecule has 0 aromatic rings. The number of halogens is 2. The molecule has 4 N–H and O–H groups in total. The van der Waals surface area contributed by atoms with E-state index in [0.717, 1.165) is 93.5 Å². The number of allylic oxidation sites excluding steroid dienone is 1. The minimum absolute atomic E-state index is 0. The van der Waals surface area contributed by atoms with Crippen LogP contribution in [0.4, 0.5) is 0 Å². The number of hydrogen-bond acceptors (Lipinski definition) is 5. The summed E-state index contributed by atoms with van der Waals surface area (Å²) in [7, 11) is 0. The standard InChI is InChI=1S/C43H77N3O3.2ClH/c1-32(2)15-12-16-33(3)37-21-22-38-36-20-19-34-31-35(23-25-42(34,4)39(36)24-26-43(37,38)5)49-41(48)18-13-17-40(47)46(30-14-28-45)29-11-9-7-6-8-10-27-44;;/h19,32-33,35-39H,6-18,20-31,44-45H2,1-5H3;2*1H/t33-,35+,36+,37-,38+,39+,42+,43-;;/m1../s1. The molecule has 0 aromatic carbocycles. The van der Waals surface area contributed by atoms with Gasteiger partial charge in [-0.3, -0.25) is 9.59 Å². The van der Waals surface area contributed by atoms with Crippen molar-refractivity contribution in [2.24, 2.45) is 57.8 Å². The maximum Gasteiger partial charge on any atom is 0.306 e. The summed E-state index contributed by atoms with van der Waals surface area (Å²) in [4.78, 5) is 28.0. The highest BCUT2D eigenvalue weighted by Gasteiger charge is 2.59. The van der Waals surface area contributed by atoms with Gasteiger partial charge < -0.3 is 21.1 Å². The van der Waals surface area contributed by atoms with Gasteiger partial charge in [0, 0.05) is 32.4 Å². The minimum Gasteiger partial charge on any atom is -0.462 e. The van der Waals surface area contributed by atoms with Crippen molar-refractivity contribution < 1.29 is 14.3 Å². The zero-order chi connectivity index (χ0) is 35.4. The third kappa shape index (κ3) is 12.3. The lowest BCUT2D eigenvalue weighted by molar-refractivity contribution is -0.151. The number of unbranched alkanes of at least 4 members (excludes halogenated alkanes) is 5. The molecule has 0 aliphatic heterocycles. The fraction of sp³-hybridized carbons (Fsp3) is 0.907. The lowest BCUT2D eigenvalue weighted by Gasteiger charge is -2.58. The van der Waals surface area contributed by atoms with Crippen LogP contribution in [0.3, 0.4) is 0 Å². The molecule has 298 valence electrons. The molecule has 3 saturated carbocycles. The van der Waals surface area contributed by atoms with Crippen molar-refractivity contribution in [1.29, 1.82) is 0 Å². The van der Waals surface area contributed by atoms with Gasteiger partial charge in [0.25, 0.3) is 0 Å². The summed E-state index contributed by atoms with van der Waals surface area (Å²) in [6.07, 6.45) is 25.6. The second-order valence-corrected chi connectivity index (χ2v) is 17.9. The van der Waals surface area contributed by atoms with Crippen LogP contribution in [0, 0.1) is 46.3 Å². The molecule has 4 aliphatic rings. The molecule has 0 bridgehead atoms. The Hall–Kier alpha value is -0.820. The summed E-state index contributed by atoms with van der Waals surface area (Å²) in [5.74, 6) is 5.05. The van der Waals surface area contributed by atoms with Crippen LogP contribution in [0.15, 0.2) is 11.6 Å². The molecule has 0 saturated heterocycles. The zero-order valence-corrected chi connectivity index (χ0v) is 35.1. The van der Waals surface area contributed by atoms with Gasteiger partial charge in [-0.2, -0.15) is 0 Å². The van der Waals surface area contributed by atoms with Gasteiger partial charge in [0.15, 0.2) is 0 Å². The zero-order valence-electron chi connectivity index (χ0n) is 33.4. The van der Waals surface area contributed by atoms with Crippen LogP contribution in [-0.2, 0) is 14.3 Å². The number of fused-ring (bicyclic) bond motifs is 5. The molecule has 1 amide bonds. The van der Waals surface area contributed by atoms with Crippen LogP contribution in [0.25, 0.3) is 0 Å². The highest BCUT2D eigenvalue weighted by atomic mass is 35.5. The van der Waals surface area contributed by atoms with Crippen LogP contribution in [-0.4, -0.2) is 49.1 Å². The largest absolute Gasteiger partial charge is 0.462 e. The normalized spacial score (nSPS) is 30.2. The minimum atomic E-state index is -0.130. The van der Waals surface area contributed by atoms with Gasteiger partial charge in [-0.1, -0.05) is 91.2 Å². The number of esters is 1. The second-order valence-electron chi connectivity index (χ2n) is 17.9. The average Bonchev–Trinajstić information content (AvgIpc) is 3.43. The van der Waals surface area contributed by atoms with Crippen LogP contribution in [0.1, 0.15) is 169 Å². The Labute approximate surface area is 326 Å². The molecule has 6 nitrogen and oxygen atoms in total. The number of amides is 1. The number of hydrogen-bond donors (Lipinski definition) is 2. The molecule has 8 atom stereocenters. The molecule has 0 aromatic heterocycles. The summed E-state index contributed by atoms with van der Waals surface area (Å²) in [6.45, 7) is 15.4. The number of carbonyl (C=O) groups is 2. The maximum absolute atomic E-state index is 13.0. The van der Waals surface area contributed by atoms with E-state index >= 15 is 0 Å². The van der Waals surface area contributed by atoms with E-state index < -0.39 is 0 Å². The number of carbonyl (C=O) groups excluding carboxylic acids is 2. The third-order valence-electron chi connectivity index (χ3n) is 14.2.